The van der Waals surface area contributed by atoms with Crippen molar-refractivity contribution in [2.24, 2.45) is 0 Å². The number of benzene rings is 4. The smallest absolute Gasteiger partial charge is 0.193 e. The molecule has 4 rings (SSSR count). The minimum absolute atomic E-state index is 0.190. The molecular weight excluding hydrogens is 384 g/mol. The molecule has 5 nitrogen and oxygen atoms in total. The summed E-state index contributed by atoms with van der Waals surface area (Å²) in [5.74, 6) is 0. The SMILES string of the molecule is O=S(=O)(OS(=O)(=O)c1cccc2ccccc12)c1cccc2ccccc12. The third-order valence-electron chi connectivity index (χ3n) is 4.22. The summed E-state index contributed by atoms with van der Waals surface area (Å²) in [7, 11) is -9.10. The first kappa shape index (κ1) is 17.7. The maximum Gasteiger partial charge on any atom is 0.312 e. The van der Waals surface area contributed by atoms with Crippen LogP contribution in [0.25, 0.3) is 21.5 Å². The summed E-state index contributed by atoms with van der Waals surface area (Å²) >= 11 is 0. The molecule has 0 heterocycles. The van der Waals surface area contributed by atoms with Gasteiger partial charge in [0.2, 0.25) is 0 Å². The number of hydrogen-bond acceptors (Lipinski definition) is 5. The Balaban J connectivity index is 1.84. The standard InChI is InChI=1S/C20H14O5S2/c21-26(22,19-13-5-9-15-7-1-3-11-17(15)19)25-27(23,24)20-14-6-10-16-8-2-4-12-18(16)20/h1-14H. The van der Waals surface area contributed by atoms with Gasteiger partial charge in [0.15, 0.2) is 0 Å². The molecule has 0 saturated heterocycles. The normalized spacial score (nSPS) is 12.4. The molecule has 0 unspecified atom stereocenters. The highest BCUT2D eigenvalue weighted by Gasteiger charge is 2.29. The second kappa shape index (κ2) is 6.45. The van der Waals surface area contributed by atoms with Crippen molar-refractivity contribution in [1.29, 1.82) is 0 Å². The van der Waals surface area contributed by atoms with Crippen molar-refractivity contribution >= 4 is 41.8 Å². The average molecular weight is 398 g/mol. The van der Waals surface area contributed by atoms with E-state index in [-0.39, 0.29) is 9.79 Å². The Hall–Kier alpha value is -2.74. The zero-order valence-corrected chi connectivity index (χ0v) is 15.6. The van der Waals surface area contributed by atoms with Crippen molar-refractivity contribution < 1.29 is 20.5 Å². The van der Waals surface area contributed by atoms with Gasteiger partial charge in [-0.05, 0) is 22.9 Å². The fourth-order valence-corrected chi connectivity index (χ4v) is 5.95. The molecule has 4 aromatic rings. The molecule has 27 heavy (non-hydrogen) atoms. The van der Waals surface area contributed by atoms with Gasteiger partial charge in [-0.25, -0.2) is 0 Å². The summed E-state index contributed by atoms with van der Waals surface area (Å²) in [6, 6.07) is 22.8. The second-order valence-electron chi connectivity index (χ2n) is 5.93. The van der Waals surface area contributed by atoms with E-state index in [1.807, 2.05) is 0 Å². The first-order valence-electron chi connectivity index (χ1n) is 8.05. The first-order valence-corrected chi connectivity index (χ1v) is 10.9. The lowest BCUT2D eigenvalue weighted by Crippen LogP contribution is -2.15. The Labute approximate surface area is 157 Å². The summed E-state index contributed by atoms with van der Waals surface area (Å²) in [6.45, 7) is 0. The summed E-state index contributed by atoms with van der Waals surface area (Å²) in [4.78, 5) is -0.381. The second-order valence-corrected chi connectivity index (χ2v) is 9.17. The molecule has 0 amide bonds. The number of hydrogen-bond donors (Lipinski definition) is 0. The highest BCUT2D eigenvalue weighted by atomic mass is 32.3. The summed E-state index contributed by atoms with van der Waals surface area (Å²) in [5, 5.41) is 2.13. The van der Waals surface area contributed by atoms with Crippen LogP contribution in [0.2, 0.25) is 0 Å². The van der Waals surface area contributed by atoms with Crippen LogP contribution in [-0.4, -0.2) is 16.8 Å². The van der Waals surface area contributed by atoms with E-state index in [2.05, 4.69) is 0 Å². The van der Waals surface area contributed by atoms with Crippen LogP contribution in [0.3, 0.4) is 0 Å². The molecule has 0 radical (unpaired) electrons. The molecule has 0 N–H and O–H groups in total. The number of rotatable bonds is 4. The van der Waals surface area contributed by atoms with E-state index in [1.54, 1.807) is 72.8 Å². The van der Waals surface area contributed by atoms with Gasteiger partial charge in [-0.15, -0.1) is 3.63 Å². The average Bonchev–Trinajstić information content (AvgIpc) is 2.66. The zero-order chi connectivity index (χ0) is 19.1. The minimum Gasteiger partial charge on any atom is -0.193 e. The minimum atomic E-state index is -4.55. The zero-order valence-electron chi connectivity index (χ0n) is 13.9. The maximum absolute atomic E-state index is 12.8. The quantitative estimate of drug-likeness (QED) is 0.517. The molecule has 4 aromatic carbocycles. The van der Waals surface area contributed by atoms with Crippen LogP contribution in [0.5, 0.6) is 0 Å². The van der Waals surface area contributed by atoms with Crippen molar-refractivity contribution in [2.45, 2.75) is 9.79 Å². The summed E-state index contributed by atoms with van der Waals surface area (Å²) in [5.41, 5.74) is 0. The molecule has 0 bridgehead atoms. The predicted octanol–water partition coefficient (Wildman–Crippen LogP) is 4.09. The van der Waals surface area contributed by atoms with Gasteiger partial charge in [-0.3, -0.25) is 0 Å². The molecule has 0 aliphatic rings. The van der Waals surface area contributed by atoms with E-state index in [9.17, 15) is 16.8 Å². The predicted molar refractivity (Wildman–Crippen MR) is 103 cm³/mol. The van der Waals surface area contributed by atoms with Gasteiger partial charge in [0.1, 0.15) is 9.79 Å². The summed E-state index contributed by atoms with van der Waals surface area (Å²) in [6.07, 6.45) is 0. The summed E-state index contributed by atoms with van der Waals surface area (Å²) < 4.78 is 55.8. The molecule has 0 saturated carbocycles. The highest BCUT2D eigenvalue weighted by molar-refractivity contribution is 8.00. The van der Waals surface area contributed by atoms with Gasteiger partial charge in [-0.1, -0.05) is 72.8 Å². The van der Waals surface area contributed by atoms with E-state index in [4.69, 9.17) is 3.63 Å². The largest absolute Gasteiger partial charge is 0.312 e. The third-order valence-corrected chi connectivity index (χ3v) is 7.44. The molecule has 136 valence electrons. The fourth-order valence-electron chi connectivity index (χ4n) is 3.02. The van der Waals surface area contributed by atoms with Crippen molar-refractivity contribution in [3.05, 3.63) is 84.9 Å². The monoisotopic (exact) mass is 398 g/mol. The van der Waals surface area contributed by atoms with Crippen LogP contribution in [-0.2, 0) is 23.9 Å². The molecule has 0 aliphatic heterocycles. The maximum atomic E-state index is 12.8. The van der Waals surface area contributed by atoms with E-state index < -0.39 is 20.2 Å². The highest BCUT2D eigenvalue weighted by Crippen LogP contribution is 2.29. The third kappa shape index (κ3) is 3.21. The van der Waals surface area contributed by atoms with Crippen LogP contribution < -0.4 is 0 Å². The Bertz CT molecular complexity index is 1260. The fraction of sp³-hybridized carbons (Fsp3) is 0. The molecule has 7 heteroatoms. The van der Waals surface area contributed by atoms with Gasteiger partial charge in [-0.2, -0.15) is 16.8 Å². The first-order chi connectivity index (χ1) is 12.9. The van der Waals surface area contributed by atoms with Gasteiger partial charge in [0.25, 0.3) is 0 Å². The molecule has 0 fully saturated rings. The van der Waals surface area contributed by atoms with Crippen molar-refractivity contribution in [3.8, 4) is 0 Å². The Morgan fingerprint density at radius 1 is 0.481 bits per heavy atom. The van der Waals surface area contributed by atoms with Gasteiger partial charge in [0.05, 0.1) is 0 Å². The van der Waals surface area contributed by atoms with Crippen LogP contribution >= 0.6 is 0 Å². The van der Waals surface area contributed by atoms with E-state index in [1.165, 1.54) is 12.1 Å². The topological polar surface area (TPSA) is 77.5 Å². The van der Waals surface area contributed by atoms with E-state index in [0.29, 0.717) is 21.5 Å². The molecule has 0 aromatic heterocycles. The molecule has 0 aliphatic carbocycles. The number of fused-ring (bicyclic) bond motifs is 2. The van der Waals surface area contributed by atoms with Crippen LogP contribution in [0.4, 0.5) is 0 Å². The Morgan fingerprint density at radius 3 is 1.30 bits per heavy atom. The van der Waals surface area contributed by atoms with Crippen molar-refractivity contribution in [2.75, 3.05) is 0 Å². The molecule has 0 spiro atoms. The van der Waals surface area contributed by atoms with Gasteiger partial charge >= 0.3 is 20.2 Å². The van der Waals surface area contributed by atoms with Crippen molar-refractivity contribution in [1.82, 2.24) is 0 Å². The van der Waals surface area contributed by atoms with Crippen LogP contribution in [0.1, 0.15) is 0 Å². The molecule has 0 atom stereocenters. The van der Waals surface area contributed by atoms with Gasteiger partial charge in [0, 0.05) is 10.8 Å². The molecular formula is C20H14O5S2. The Morgan fingerprint density at radius 2 is 0.852 bits per heavy atom. The van der Waals surface area contributed by atoms with Crippen molar-refractivity contribution in [3.63, 3.8) is 0 Å². The van der Waals surface area contributed by atoms with Crippen LogP contribution in [0, 0.1) is 0 Å². The van der Waals surface area contributed by atoms with E-state index >= 15 is 0 Å². The lowest BCUT2D eigenvalue weighted by molar-refractivity contribution is 0.463. The lowest BCUT2D eigenvalue weighted by atomic mass is 10.1. The van der Waals surface area contributed by atoms with Gasteiger partial charge < -0.3 is 0 Å². The van der Waals surface area contributed by atoms with E-state index in [0.717, 1.165) is 0 Å². The lowest BCUT2D eigenvalue weighted by Gasteiger charge is -2.10. The van der Waals surface area contributed by atoms with Crippen LogP contribution in [0.15, 0.2) is 94.7 Å². The Kier molecular flexibility index (Phi) is 4.22.